The molecule has 72 valence electrons. The number of hydrogen-bond donors (Lipinski definition) is 1. The summed E-state index contributed by atoms with van der Waals surface area (Å²) in [5.74, 6) is 0.776. The smallest absolute Gasteiger partial charge is 0.00771 e. The molecule has 0 aliphatic rings. The lowest BCUT2D eigenvalue weighted by atomic mass is 9.96. The molecular weight excluding hydrogens is 146 g/mol. The van der Waals surface area contributed by atoms with Crippen LogP contribution in [0, 0.1) is 5.92 Å². The van der Waals surface area contributed by atoms with Crippen molar-refractivity contribution in [2.24, 2.45) is 11.7 Å². The first-order valence-corrected chi connectivity index (χ1v) is 5.18. The maximum Gasteiger partial charge on any atom is -0.00771 e. The van der Waals surface area contributed by atoms with E-state index in [4.69, 9.17) is 5.73 Å². The molecule has 12 heavy (non-hydrogen) atoms. The van der Waals surface area contributed by atoms with Gasteiger partial charge in [-0.25, -0.2) is 0 Å². The third-order valence-electron chi connectivity index (χ3n) is 2.17. The van der Waals surface area contributed by atoms with Gasteiger partial charge in [0.25, 0.3) is 0 Å². The van der Waals surface area contributed by atoms with Crippen LogP contribution >= 0.6 is 0 Å². The summed E-state index contributed by atoms with van der Waals surface area (Å²) in [4.78, 5) is 0. The van der Waals surface area contributed by atoms with Crippen LogP contribution in [0.1, 0.15) is 46.0 Å². The van der Waals surface area contributed by atoms with E-state index in [0.29, 0.717) is 0 Å². The number of unbranched alkanes of at least 4 members (excludes halogenated alkanes) is 1. The van der Waals surface area contributed by atoms with Gasteiger partial charge < -0.3 is 5.73 Å². The zero-order valence-electron chi connectivity index (χ0n) is 8.55. The van der Waals surface area contributed by atoms with Crippen LogP contribution < -0.4 is 5.73 Å². The van der Waals surface area contributed by atoms with Gasteiger partial charge in [-0.1, -0.05) is 31.9 Å². The van der Waals surface area contributed by atoms with Crippen molar-refractivity contribution >= 4 is 0 Å². The summed E-state index contributed by atoms with van der Waals surface area (Å²) in [6.45, 7) is 5.18. The minimum Gasteiger partial charge on any atom is -0.330 e. The Morgan fingerprint density at radius 1 is 1.25 bits per heavy atom. The third-order valence-corrected chi connectivity index (χ3v) is 2.17. The van der Waals surface area contributed by atoms with Crippen LogP contribution in [0.2, 0.25) is 0 Å². The number of hydrogen-bond acceptors (Lipinski definition) is 1. The quantitative estimate of drug-likeness (QED) is 0.582. The molecule has 0 heterocycles. The molecule has 0 unspecified atom stereocenters. The molecule has 0 aliphatic heterocycles. The molecule has 0 radical (unpaired) electrons. The molecule has 0 aromatic rings. The molecule has 0 aromatic heterocycles. The van der Waals surface area contributed by atoms with E-state index < -0.39 is 0 Å². The third kappa shape index (κ3) is 6.41. The van der Waals surface area contributed by atoms with Gasteiger partial charge in [-0.05, 0) is 38.6 Å². The maximum atomic E-state index is 5.48. The van der Waals surface area contributed by atoms with Crippen molar-refractivity contribution in [1.82, 2.24) is 0 Å². The first-order chi connectivity index (χ1) is 5.85. The second-order valence-electron chi connectivity index (χ2n) is 3.36. The van der Waals surface area contributed by atoms with E-state index in [9.17, 15) is 0 Å². The van der Waals surface area contributed by atoms with E-state index in [0.717, 1.165) is 12.5 Å². The summed E-state index contributed by atoms with van der Waals surface area (Å²) < 4.78 is 0. The number of nitrogens with two attached hydrogens (primary N) is 1. The summed E-state index contributed by atoms with van der Waals surface area (Å²) in [6.07, 6.45) is 10.9. The van der Waals surface area contributed by atoms with E-state index in [1.807, 2.05) is 0 Å². The zero-order chi connectivity index (χ0) is 9.23. The minimum absolute atomic E-state index is 0.776. The number of rotatable bonds is 7. The number of allylic oxidation sites excluding steroid dienone is 2. The Morgan fingerprint density at radius 2 is 1.92 bits per heavy atom. The van der Waals surface area contributed by atoms with E-state index in [-0.39, 0.29) is 0 Å². The van der Waals surface area contributed by atoms with Gasteiger partial charge in [-0.15, -0.1) is 0 Å². The van der Waals surface area contributed by atoms with Crippen LogP contribution in [-0.4, -0.2) is 6.54 Å². The largest absolute Gasteiger partial charge is 0.330 e. The average molecular weight is 169 g/mol. The molecule has 1 atom stereocenters. The Bertz CT molecular complexity index is 99.6. The average Bonchev–Trinajstić information content (AvgIpc) is 2.10. The molecule has 0 saturated heterocycles. The van der Waals surface area contributed by atoms with Gasteiger partial charge >= 0.3 is 0 Å². The lowest BCUT2D eigenvalue weighted by Crippen LogP contribution is -2.03. The zero-order valence-corrected chi connectivity index (χ0v) is 8.55. The standard InChI is InChI=1S/C11H23N/c1-3-5-8-11(7-4-2)9-6-10-12/h4,7,11H,3,5-6,8-10,12H2,1-2H3/b7-4-/t11-/m0/s1. The normalized spacial score (nSPS) is 13.9. The highest BCUT2D eigenvalue weighted by atomic mass is 14.5. The van der Waals surface area contributed by atoms with Crippen LogP contribution in [-0.2, 0) is 0 Å². The first-order valence-electron chi connectivity index (χ1n) is 5.18. The summed E-state index contributed by atoms with van der Waals surface area (Å²) >= 11 is 0. The molecule has 0 aliphatic carbocycles. The van der Waals surface area contributed by atoms with E-state index in [1.165, 1.54) is 32.1 Å². The maximum absolute atomic E-state index is 5.48. The van der Waals surface area contributed by atoms with Gasteiger partial charge in [-0.3, -0.25) is 0 Å². The first kappa shape index (κ1) is 11.7. The topological polar surface area (TPSA) is 26.0 Å². The van der Waals surface area contributed by atoms with Crippen LogP contribution in [0.25, 0.3) is 0 Å². The van der Waals surface area contributed by atoms with Crippen LogP contribution in [0.4, 0.5) is 0 Å². The Labute approximate surface area is 77.0 Å². The summed E-state index contributed by atoms with van der Waals surface area (Å²) in [5, 5.41) is 0. The van der Waals surface area contributed by atoms with E-state index >= 15 is 0 Å². The van der Waals surface area contributed by atoms with Crippen molar-refractivity contribution in [3.63, 3.8) is 0 Å². The van der Waals surface area contributed by atoms with Crippen LogP contribution in [0.5, 0.6) is 0 Å². The fourth-order valence-corrected chi connectivity index (χ4v) is 1.46. The van der Waals surface area contributed by atoms with Gasteiger partial charge in [0, 0.05) is 0 Å². The fourth-order valence-electron chi connectivity index (χ4n) is 1.46. The molecule has 2 N–H and O–H groups in total. The van der Waals surface area contributed by atoms with Crippen molar-refractivity contribution in [3.8, 4) is 0 Å². The van der Waals surface area contributed by atoms with Crippen molar-refractivity contribution in [1.29, 1.82) is 0 Å². The summed E-state index contributed by atoms with van der Waals surface area (Å²) in [5.41, 5.74) is 5.48. The predicted molar refractivity (Wildman–Crippen MR) is 56.1 cm³/mol. The molecule has 0 fully saturated rings. The molecule has 0 amide bonds. The molecule has 1 heteroatoms. The molecular formula is C11H23N. The van der Waals surface area contributed by atoms with Crippen molar-refractivity contribution in [2.45, 2.75) is 46.0 Å². The second-order valence-corrected chi connectivity index (χ2v) is 3.36. The molecule has 0 aromatic carbocycles. The van der Waals surface area contributed by atoms with Crippen LogP contribution in [0.15, 0.2) is 12.2 Å². The molecule has 0 saturated carbocycles. The SMILES string of the molecule is C/C=C\[C@@H](CCCC)CCCN. The summed E-state index contributed by atoms with van der Waals surface area (Å²) in [6, 6.07) is 0. The molecule has 0 rings (SSSR count). The van der Waals surface area contributed by atoms with Crippen LogP contribution in [0.3, 0.4) is 0 Å². The van der Waals surface area contributed by atoms with Crippen molar-refractivity contribution < 1.29 is 0 Å². The summed E-state index contributed by atoms with van der Waals surface area (Å²) in [7, 11) is 0. The van der Waals surface area contributed by atoms with E-state index in [1.54, 1.807) is 0 Å². The van der Waals surface area contributed by atoms with Crippen molar-refractivity contribution in [3.05, 3.63) is 12.2 Å². The second kappa shape index (κ2) is 8.79. The monoisotopic (exact) mass is 169 g/mol. The molecule has 1 nitrogen and oxygen atoms in total. The molecule has 0 spiro atoms. The Hall–Kier alpha value is -0.300. The van der Waals surface area contributed by atoms with Crippen molar-refractivity contribution in [2.75, 3.05) is 6.54 Å². The minimum atomic E-state index is 0.776. The Morgan fingerprint density at radius 3 is 2.42 bits per heavy atom. The lowest BCUT2D eigenvalue weighted by Gasteiger charge is -2.10. The highest BCUT2D eigenvalue weighted by molar-refractivity contribution is 4.85. The van der Waals surface area contributed by atoms with Gasteiger partial charge in [0.1, 0.15) is 0 Å². The fraction of sp³-hybridized carbons (Fsp3) is 0.818. The van der Waals surface area contributed by atoms with Gasteiger partial charge in [0.15, 0.2) is 0 Å². The van der Waals surface area contributed by atoms with Gasteiger partial charge in [0.05, 0.1) is 0 Å². The lowest BCUT2D eigenvalue weighted by molar-refractivity contribution is 0.503. The highest BCUT2D eigenvalue weighted by Crippen LogP contribution is 2.15. The molecule has 0 bridgehead atoms. The van der Waals surface area contributed by atoms with Gasteiger partial charge in [0.2, 0.25) is 0 Å². The predicted octanol–water partition coefficient (Wildman–Crippen LogP) is 3.11. The Kier molecular flexibility index (Phi) is 8.57. The van der Waals surface area contributed by atoms with E-state index in [2.05, 4.69) is 26.0 Å². The Balaban J connectivity index is 3.54. The van der Waals surface area contributed by atoms with Gasteiger partial charge in [-0.2, -0.15) is 0 Å². The highest BCUT2D eigenvalue weighted by Gasteiger charge is 2.02.